The molecular weight excluding hydrogens is 354 g/mol. The molecule has 1 amide bonds. The van der Waals surface area contributed by atoms with E-state index in [1.807, 2.05) is 42.5 Å². The number of benzene rings is 2. The van der Waals surface area contributed by atoms with Gasteiger partial charge in [0.15, 0.2) is 0 Å². The molecule has 4 rings (SSSR count). The number of hydrogen-bond acceptors (Lipinski definition) is 4. The topological polar surface area (TPSA) is 66.6 Å². The number of carbonyl (C=O) groups excluding carboxylic acids is 1. The zero-order chi connectivity index (χ0) is 19.3. The second-order valence-electron chi connectivity index (χ2n) is 6.92. The van der Waals surface area contributed by atoms with Gasteiger partial charge in [-0.25, -0.2) is 0 Å². The fourth-order valence-corrected chi connectivity index (χ4v) is 3.66. The maximum atomic E-state index is 12.8. The summed E-state index contributed by atoms with van der Waals surface area (Å²) in [6, 6.07) is 18.0. The van der Waals surface area contributed by atoms with Crippen molar-refractivity contribution in [3.8, 4) is 5.75 Å². The van der Waals surface area contributed by atoms with E-state index in [4.69, 9.17) is 9.47 Å². The summed E-state index contributed by atoms with van der Waals surface area (Å²) in [7, 11) is 1.63. The number of methoxy groups -OCH3 is 1. The van der Waals surface area contributed by atoms with Gasteiger partial charge in [-0.3, -0.25) is 9.69 Å². The van der Waals surface area contributed by atoms with Crippen molar-refractivity contribution < 1.29 is 14.3 Å². The van der Waals surface area contributed by atoms with Gasteiger partial charge in [-0.05, 0) is 23.8 Å². The Kier molecular flexibility index (Phi) is 5.60. The zero-order valence-corrected chi connectivity index (χ0v) is 16.0. The average Bonchev–Trinajstić information content (AvgIpc) is 3.18. The quantitative estimate of drug-likeness (QED) is 0.691. The number of ether oxygens (including phenoxy) is 2. The summed E-state index contributed by atoms with van der Waals surface area (Å²) in [4.78, 5) is 18.3. The number of aromatic nitrogens is 1. The maximum absolute atomic E-state index is 12.8. The minimum Gasteiger partial charge on any atom is -0.497 e. The molecule has 146 valence electrons. The van der Waals surface area contributed by atoms with Crippen LogP contribution in [0, 0.1) is 0 Å². The van der Waals surface area contributed by atoms with E-state index in [0.29, 0.717) is 12.2 Å². The molecule has 0 saturated carbocycles. The summed E-state index contributed by atoms with van der Waals surface area (Å²) >= 11 is 0. The van der Waals surface area contributed by atoms with Crippen LogP contribution < -0.4 is 10.1 Å². The molecule has 1 aliphatic rings. The number of morpholine rings is 1. The van der Waals surface area contributed by atoms with Crippen LogP contribution in [0.3, 0.4) is 0 Å². The number of hydrogen-bond donors (Lipinski definition) is 2. The molecule has 2 heterocycles. The highest BCUT2D eigenvalue weighted by Gasteiger charge is 2.23. The summed E-state index contributed by atoms with van der Waals surface area (Å²) in [5.41, 5.74) is 2.64. The van der Waals surface area contributed by atoms with Crippen LogP contribution in [0.2, 0.25) is 0 Å². The minimum atomic E-state index is -0.107. The van der Waals surface area contributed by atoms with Gasteiger partial charge >= 0.3 is 0 Å². The van der Waals surface area contributed by atoms with E-state index in [9.17, 15) is 4.79 Å². The molecule has 1 unspecified atom stereocenters. The minimum absolute atomic E-state index is 0.107. The van der Waals surface area contributed by atoms with Crippen molar-refractivity contribution in [3.05, 3.63) is 65.9 Å². The van der Waals surface area contributed by atoms with Gasteiger partial charge in [0.2, 0.25) is 0 Å². The van der Waals surface area contributed by atoms with Crippen LogP contribution >= 0.6 is 0 Å². The molecule has 1 atom stereocenters. The summed E-state index contributed by atoms with van der Waals surface area (Å²) < 4.78 is 10.7. The van der Waals surface area contributed by atoms with Gasteiger partial charge in [0.25, 0.3) is 5.91 Å². The van der Waals surface area contributed by atoms with Gasteiger partial charge in [-0.2, -0.15) is 0 Å². The predicted molar refractivity (Wildman–Crippen MR) is 109 cm³/mol. The molecule has 1 aromatic heterocycles. The Morgan fingerprint density at radius 1 is 1.18 bits per heavy atom. The van der Waals surface area contributed by atoms with Crippen molar-refractivity contribution in [2.45, 2.75) is 6.04 Å². The highest BCUT2D eigenvalue weighted by Crippen LogP contribution is 2.23. The number of amides is 1. The van der Waals surface area contributed by atoms with E-state index < -0.39 is 0 Å². The normalized spacial score (nSPS) is 16.0. The van der Waals surface area contributed by atoms with Crippen molar-refractivity contribution in [1.82, 2.24) is 15.2 Å². The van der Waals surface area contributed by atoms with Gasteiger partial charge in [0.05, 0.1) is 26.4 Å². The molecule has 2 aromatic carbocycles. The van der Waals surface area contributed by atoms with Crippen molar-refractivity contribution in [1.29, 1.82) is 0 Å². The van der Waals surface area contributed by atoms with Crippen LogP contribution in [-0.2, 0) is 4.74 Å². The summed E-state index contributed by atoms with van der Waals surface area (Å²) in [6.45, 7) is 3.72. The monoisotopic (exact) mass is 379 g/mol. The molecule has 0 bridgehead atoms. The molecule has 0 radical (unpaired) electrons. The van der Waals surface area contributed by atoms with Crippen LogP contribution in [0.15, 0.2) is 54.6 Å². The van der Waals surface area contributed by atoms with Crippen LogP contribution in [0.1, 0.15) is 22.1 Å². The fraction of sp³-hybridized carbons (Fsp3) is 0.318. The summed E-state index contributed by atoms with van der Waals surface area (Å²) in [5.74, 6) is 0.655. The molecule has 0 spiro atoms. The molecule has 1 saturated heterocycles. The largest absolute Gasteiger partial charge is 0.497 e. The standard InChI is InChI=1S/C22H25N3O3/c1-27-18-8-7-17-13-20(24-19(17)14-18)22(26)23-15-21(16-5-3-2-4-6-16)25-9-11-28-12-10-25/h2-8,13-14,21,24H,9-12,15H2,1H3,(H,23,26). The third kappa shape index (κ3) is 4.03. The first-order chi connectivity index (χ1) is 13.7. The lowest BCUT2D eigenvalue weighted by Crippen LogP contribution is -2.43. The highest BCUT2D eigenvalue weighted by atomic mass is 16.5. The Hall–Kier alpha value is -2.83. The Morgan fingerprint density at radius 2 is 1.96 bits per heavy atom. The van der Waals surface area contributed by atoms with Crippen molar-refractivity contribution in [3.63, 3.8) is 0 Å². The first kappa shape index (κ1) is 18.5. The number of rotatable bonds is 6. The molecule has 1 aliphatic heterocycles. The number of fused-ring (bicyclic) bond motifs is 1. The Bertz CT molecular complexity index is 933. The van der Waals surface area contributed by atoms with Crippen LogP contribution in [-0.4, -0.2) is 55.7 Å². The third-order valence-corrected chi connectivity index (χ3v) is 5.20. The summed E-state index contributed by atoms with van der Waals surface area (Å²) in [6.07, 6.45) is 0. The molecular formula is C22H25N3O3. The van der Waals surface area contributed by atoms with E-state index in [-0.39, 0.29) is 11.9 Å². The van der Waals surface area contributed by atoms with Gasteiger partial charge in [0.1, 0.15) is 11.4 Å². The Balaban J connectivity index is 1.49. The SMILES string of the molecule is COc1ccc2cc(C(=O)NCC(c3ccccc3)N3CCOCC3)[nH]c2c1. The van der Waals surface area contributed by atoms with Crippen molar-refractivity contribution in [2.75, 3.05) is 40.0 Å². The van der Waals surface area contributed by atoms with Crippen LogP contribution in [0.25, 0.3) is 10.9 Å². The van der Waals surface area contributed by atoms with E-state index in [2.05, 4.69) is 27.3 Å². The first-order valence-electron chi connectivity index (χ1n) is 9.56. The number of nitrogens with one attached hydrogen (secondary N) is 2. The Morgan fingerprint density at radius 3 is 2.71 bits per heavy atom. The molecule has 1 fully saturated rings. The smallest absolute Gasteiger partial charge is 0.267 e. The van der Waals surface area contributed by atoms with Gasteiger partial charge < -0.3 is 19.8 Å². The highest BCUT2D eigenvalue weighted by molar-refractivity contribution is 5.98. The van der Waals surface area contributed by atoms with Gasteiger partial charge in [-0.1, -0.05) is 30.3 Å². The first-order valence-corrected chi connectivity index (χ1v) is 9.56. The predicted octanol–water partition coefficient (Wildman–Crippen LogP) is 2.98. The lowest BCUT2D eigenvalue weighted by molar-refractivity contribution is 0.0162. The molecule has 0 aliphatic carbocycles. The molecule has 2 N–H and O–H groups in total. The second-order valence-corrected chi connectivity index (χ2v) is 6.92. The molecule has 6 nitrogen and oxygen atoms in total. The van der Waals surface area contributed by atoms with Crippen LogP contribution in [0.4, 0.5) is 0 Å². The maximum Gasteiger partial charge on any atom is 0.267 e. The van der Waals surface area contributed by atoms with E-state index in [0.717, 1.165) is 43.0 Å². The van der Waals surface area contributed by atoms with E-state index in [1.54, 1.807) is 7.11 Å². The van der Waals surface area contributed by atoms with Gasteiger partial charge in [-0.15, -0.1) is 0 Å². The molecule has 3 aromatic rings. The zero-order valence-electron chi connectivity index (χ0n) is 16.0. The van der Waals surface area contributed by atoms with E-state index in [1.165, 1.54) is 5.56 Å². The third-order valence-electron chi connectivity index (χ3n) is 5.20. The molecule has 28 heavy (non-hydrogen) atoms. The fourth-order valence-electron chi connectivity index (χ4n) is 3.66. The Labute approximate surface area is 164 Å². The summed E-state index contributed by atoms with van der Waals surface area (Å²) in [5, 5.41) is 4.09. The van der Waals surface area contributed by atoms with Crippen molar-refractivity contribution >= 4 is 16.8 Å². The van der Waals surface area contributed by atoms with E-state index >= 15 is 0 Å². The number of aromatic amines is 1. The van der Waals surface area contributed by atoms with Gasteiger partial charge in [0, 0.05) is 36.6 Å². The van der Waals surface area contributed by atoms with Crippen LogP contribution in [0.5, 0.6) is 5.75 Å². The lowest BCUT2D eigenvalue weighted by atomic mass is 10.0. The molecule has 6 heteroatoms. The second kappa shape index (κ2) is 8.46. The van der Waals surface area contributed by atoms with Crippen molar-refractivity contribution in [2.24, 2.45) is 0 Å². The number of H-pyrrole nitrogens is 1. The lowest BCUT2D eigenvalue weighted by Gasteiger charge is -2.34. The number of nitrogens with zero attached hydrogens (tertiary/aromatic N) is 1. The average molecular weight is 379 g/mol. The number of carbonyl (C=O) groups is 1.